The quantitative estimate of drug-likeness (QED) is 0.599. The number of carboxylic acids is 1. The molecule has 0 aliphatic carbocycles. The van der Waals surface area contributed by atoms with E-state index in [1.807, 2.05) is 0 Å². The second-order valence-corrected chi connectivity index (χ2v) is 4.97. The van der Waals surface area contributed by atoms with Gasteiger partial charge in [-0.2, -0.15) is 0 Å². The van der Waals surface area contributed by atoms with E-state index >= 15 is 0 Å². The molecule has 0 unspecified atom stereocenters. The highest BCUT2D eigenvalue weighted by atomic mass is 16.4. The number of nitrogens with zero attached hydrogens (tertiary/aromatic N) is 1. The number of hydrogen-bond donors (Lipinski definition) is 3. The predicted molar refractivity (Wildman–Crippen MR) is 70.7 cm³/mol. The van der Waals surface area contributed by atoms with Gasteiger partial charge in [-0.05, 0) is 20.8 Å². The largest absolute Gasteiger partial charge is 0.480 e. The smallest absolute Gasteiger partial charge is 0.321 e. The van der Waals surface area contributed by atoms with Crippen molar-refractivity contribution in [2.75, 3.05) is 19.6 Å². The van der Waals surface area contributed by atoms with Crippen LogP contribution in [0.25, 0.3) is 0 Å². The van der Waals surface area contributed by atoms with E-state index in [9.17, 15) is 14.4 Å². The summed E-state index contributed by atoms with van der Waals surface area (Å²) >= 11 is 0. The average Bonchev–Trinajstić information content (AvgIpc) is 2.23. The Morgan fingerprint density at radius 2 is 1.84 bits per heavy atom. The van der Waals surface area contributed by atoms with Crippen LogP contribution in [0.3, 0.4) is 0 Å². The summed E-state index contributed by atoms with van der Waals surface area (Å²) in [6.07, 6.45) is 1.48. The minimum Gasteiger partial charge on any atom is -0.480 e. The van der Waals surface area contributed by atoms with Gasteiger partial charge < -0.3 is 10.4 Å². The monoisotopic (exact) mass is 271 g/mol. The highest BCUT2D eigenvalue weighted by Gasteiger charge is 2.26. The molecule has 108 valence electrons. The first-order chi connectivity index (χ1) is 8.66. The fourth-order valence-corrected chi connectivity index (χ4v) is 1.24. The maximum Gasteiger partial charge on any atom is 0.321 e. The molecule has 0 aromatic rings. The molecule has 7 nitrogen and oxygen atoms in total. The van der Waals surface area contributed by atoms with E-state index < -0.39 is 23.4 Å². The van der Waals surface area contributed by atoms with Crippen LogP contribution in [0.4, 0.5) is 4.79 Å². The second kappa shape index (κ2) is 7.52. The van der Waals surface area contributed by atoms with Crippen LogP contribution in [0, 0.1) is 0 Å². The summed E-state index contributed by atoms with van der Waals surface area (Å²) in [6.45, 7) is 8.61. The van der Waals surface area contributed by atoms with Crippen LogP contribution >= 0.6 is 0 Å². The van der Waals surface area contributed by atoms with E-state index in [0.717, 1.165) is 0 Å². The molecule has 3 N–H and O–H groups in total. The lowest BCUT2D eigenvalue weighted by Crippen LogP contribution is -2.51. The number of rotatable bonds is 6. The first-order valence-electron chi connectivity index (χ1n) is 5.82. The van der Waals surface area contributed by atoms with E-state index in [1.54, 1.807) is 20.8 Å². The van der Waals surface area contributed by atoms with Gasteiger partial charge in [-0.1, -0.05) is 6.08 Å². The summed E-state index contributed by atoms with van der Waals surface area (Å²) in [5.41, 5.74) is -0.493. The molecule has 0 saturated carbocycles. The normalized spacial score (nSPS) is 10.9. The summed E-state index contributed by atoms with van der Waals surface area (Å²) in [7, 11) is 0. The van der Waals surface area contributed by atoms with Crippen molar-refractivity contribution in [3.05, 3.63) is 12.7 Å². The van der Waals surface area contributed by atoms with Crippen LogP contribution in [-0.2, 0) is 9.59 Å². The Kier molecular flexibility index (Phi) is 6.78. The van der Waals surface area contributed by atoms with Crippen LogP contribution in [-0.4, -0.2) is 53.1 Å². The molecule has 0 aliphatic rings. The van der Waals surface area contributed by atoms with Gasteiger partial charge in [0.15, 0.2) is 0 Å². The van der Waals surface area contributed by atoms with Gasteiger partial charge in [-0.15, -0.1) is 6.58 Å². The zero-order valence-electron chi connectivity index (χ0n) is 11.5. The summed E-state index contributed by atoms with van der Waals surface area (Å²) < 4.78 is 0. The van der Waals surface area contributed by atoms with Crippen molar-refractivity contribution in [2.24, 2.45) is 0 Å². The number of carbonyl (C=O) groups excluding carboxylic acids is 2. The molecule has 0 aromatic carbocycles. The minimum atomic E-state index is -1.03. The molecule has 0 bridgehead atoms. The van der Waals surface area contributed by atoms with E-state index in [4.69, 9.17) is 5.11 Å². The molecule has 0 radical (unpaired) electrons. The number of amides is 3. The van der Waals surface area contributed by atoms with Crippen LogP contribution in [0.15, 0.2) is 12.7 Å². The van der Waals surface area contributed by atoms with Crippen LogP contribution in [0.5, 0.6) is 0 Å². The number of urea groups is 1. The van der Waals surface area contributed by atoms with Crippen molar-refractivity contribution in [3.8, 4) is 0 Å². The highest BCUT2D eigenvalue weighted by Crippen LogP contribution is 2.11. The topological polar surface area (TPSA) is 98.7 Å². The molecule has 0 fully saturated rings. The number of hydrogen-bond acceptors (Lipinski definition) is 4. The third kappa shape index (κ3) is 7.93. The van der Waals surface area contributed by atoms with Gasteiger partial charge in [0.05, 0.1) is 13.1 Å². The van der Waals surface area contributed by atoms with Crippen molar-refractivity contribution in [2.45, 2.75) is 26.3 Å². The zero-order valence-corrected chi connectivity index (χ0v) is 11.5. The van der Waals surface area contributed by atoms with Crippen molar-refractivity contribution >= 4 is 17.9 Å². The SMILES string of the molecule is C=CCNC(=O)NC(=O)CN(CC(=O)O)C(C)(C)C. The van der Waals surface area contributed by atoms with Gasteiger partial charge in [0, 0.05) is 12.1 Å². The molecule has 0 spiro atoms. The third-order valence-electron chi connectivity index (χ3n) is 2.27. The predicted octanol–water partition coefficient (Wildman–Crippen LogP) is 0.183. The first kappa shape index (κ1) is 17.1. The average molecular weight is 271 g/mol. The van der Waals surface area contributed by atoms with Gasteiger partial charge in [0.1, 0.15) is 0 Å². The van der Waals surface area contributed by atoms with E-state index in [2.05, 4.69) is 17.2 Å². The minimum absolute atomic E-state index is 0.169. The maximum absolute atomic E-state index is 11.6. The first-order valence-corrected chi connectivity index (χ1v) is 5.82. The summed E-state index contributed by atoms with van der Waals surface area (Å²) in [5.74, 6) is -1.59. The lowest BCUT2D eigenvalue weighted by Gasteiger charge is -2.33. The zero-order chi connectivity index (χ0) is 15.1. The Morgan fingerprint density at radius 3 is 2.26 bits per heavy atom. The van der Waals surface area contributed by atoms with Gasteiger partial charge >= 0.3 is 12.0 Å². The van der Waals surface area contributed by atoms with E-state index in [1.165, 1.54) is 11.0 Å². The molecule has 7 heteroatoms. The lowest BCUT2D eigenvalue weighted by atomic mass is 10.1. The molecular formula is C12H21N3O4. The Balaban J connectivity index is 4.43. The van der Waals surface area contributed by atoms with Gasteiger partial charge in [-0.25, -0.2) is 4.79 Å². The molecule has 0 aliphatic heterocycles. The molecule has 0 rings (SSSR count). The molecule has 0 saturated heterocycles. The summed E-state index contributed by atoms with van der Waals surface area (Å²) in [6, 6.07) is -0.630. The Labute approximate surface area is 112 Å². The standard InChI is InChI=1S/C12H21N3O4/c1-5-6-13-11(19)14-9(16)7-15(8-10(17)18)12(2,3)4/h5H,1,6-8H2,2-4H3,(H,17,18)(H2,13,14,16,19). The fraction of sp³-hybridized carbons (Fsp3) is 0.583. The summed E-state index contributed by atoms with van der Waals surface area (Å²) in [5, 5.41) is 13.3. The molecule has 19 heavy (non-hydrogen) atoms. The Bertz CT molecular complexity index is 360. The molecule has 0 heterocycles. The molecule has 0 atom stereocenters. The maximum atomic E-state index is 11.6. The molecule has 3 amide bonds. The van der Waals surface area contributed by atoms with Gasteiger partial charge in [0.25, 0.3) is 0 Å². The number of nitrogens with one attached hydrogen (secondary N) is 2. The van der Waals surface area contributed by atoms with Crippen LogP contribution in [0.2, 0.25) is 0 Å². The number of aliphatic carboxylic acids is 1. The van der Waals surface area contributed by atoms with Gasteiger partial charge in [-0.3, -0.25) is 19.8 Å². The Morgan fingerprint density at radius 1 is 1.26 bits per heavy atom. The number of imide groups is 1. The van der Waals surface area contributed by atoms with Crippen molar-refractivity contribution < 1.29 is 19.5 Å². The van der Waals surface area contributed by atoms with Crippen LogP contribution in [0.1, 0.15) is 20.8 Å². The van der Waals surface area contributed by atoms with E-state index in [0.29, 0.717) is 0 Å². The third-order valence-corrected chi connectivity index (χ3v) is 2.27. The fourth-order valence-electron chi connectivity index (χ4n) is 1.24. The number of carbonyl (C=O) groups is 3. The summed E-state index contributed by atoms with van der Waals surface area (Å²) in [4.78, 5) is 35.1. The second-order valence-electron chi connectivity index (χ2n) is 4.97. The van der Waals surface area contributed by atoms with E-state index in [-0.39, 0.29) is 19.6 Å². The van der Waals surface area contributed by atoms with Crippen LogP contribution < -0.4 is 10.6 Å². The molecule has 0 aromatic heterocycles. The van der Waals surface area contributed by atoms with Crippen molar-refractivity contribution in [3.63, 3.8) is 0 Å². The van der Waals surface area contributed by atoms with Gasteiger partial charge in [0.2, 0.25) is 5.91 Å². The number of carboxylic acid groups (broad SMARTS) is 1. The highest BCUT2D eigenvalue weighted by molar-refractivity contribution is 5.95. The van der Waals surface area contributed by atoms with Crippen molar-refractivity contribution in [1.29, 1.82) is 0 Å². The lowest BCUT2D eigenvalue weighted by molar-refractivity contribution is -0.140. The molecular weight excluding hydrogens is 250 g/mol. The van der Waals surface area contributed by atoms with Crippen molar-refractivity contribution in [1.82, 2.24) is 15.5 Å². The Hall–Kier alpha value is -1.89.